The van der Waals surface area contributed by atoms with E-state index in [-0.39, 0.29) is 36.7 Å². The Morgan fingerprint density at radius 1 is 1.12 bits per heavy atom. The standard InChI is InChI=1S/C24H29N3O5/c1-3-17(4-2)25-23(29)21-15-27(19-9-5-6-10-20(19)32-21)24(30)16-12-22(28)26(13-16)14-18-8-7-11-31-18/h5-11,16-17,21H,3-4,12-15H2,1-2H3,(H,25,29). The van der Waals surface area contributed by atoms with E-state index in [2.05, 4.69) is 5.32 Å². The van der Waals surface area contributed by atoms with Crippen LogP contribution in [0.5, 0.6) is 5.75 Å². The molecule has 0 aliphatic carbocycles. The monoisotopic (exact) mass is 439 g/mol. The van der Waals surface area contributed by atoms with E-state index >= 15 is 0 Å². The number of anilines is 1. The molecule has 0 bridgehead atoms. The summed E-state index contributed by atoms with van der Waals surface area (Å²) < 4.78 is 11.3. The Labute approximate surface area is 187 Å². The normalized spacial score (nSPS) is 20.3. The van der Waals surface area contributed by atoms with Crippen LogP contribution < -0.4 is 15.0 Å². The van der Waals surface area contributed by atoms with E-state index in [0.29, 0.717) is 30.3 Å². The summed E-state index contributed by atoms with van der Waals surface area (Å²) in [4.78, 5) is 42.1. The molecule has 2 unspecified atom stereocenters. The third kappa shape index (κ3) is 4.49. The second kappa shape index (κ2) is 9.46. The van der Waals surface area contributed by atoms with Gasteiger partial charge in [-0.1, -0.05) is 26.0 Å². The van der Waals surface area contributed by atoms with E-state index in [1.54, 1.807) is 34.3 Å². The van der Waals surface area contributed by atoms with Crippen molar-refractivity contribution in [2.24, 2.45) is 5.92 Å². The minimum Gasteiger partial charge on any atom is -0.477 e. The molecule has 2 aromatic rings. The maximum Gasteiger partial charge on any atom is 0.263 e. The van der Waals surface area contributed by atoms with Gasteiger partial charge in [-0.15, -0.1) is 0 Å². The number of nitrogens with one attached hydrogen (secondary N) is 1. The summed E-state index contributed by atoms with van der Waals surface area (Å²) >= 11 is 0. The molecule has 3 heterocycles. The molecule has 2 aliphatic heterocycles. The first kappa shape index (κ1) is 21.9. The van der Waals surface area contributed by atoms with Gasteiger partial charge in [0.25, 0.3) is 5.91 Å². The molecule has 1 N–H and O–H groups in total. The van der Waals surface area contributed by atoms with Gasteiger partial charge >= 0.3 is 0 Å². The van der Waals surface area contributed by atoms with Crippen molar-refractivity contribution in [3.8, 4) is 5.75 Å². The molecule has 0 spiro atoms. The fraction of sp³-hybridized carbons (Fsp3) is 0.458. The number of likely N-dealkylation sites (tertiary alicyclic amines) is 1. The van der Waals surface area contributed by atoms with Gasteiger partial charge < -0.3 is 24.3 Å². The van der Waals surface area contributed by atoms with E-state index in [9.17, 15) is 14.4 Å². The van der Waals surface area contributed by atoms with Gasteiger partial charge in [-0.3, -0.25) is 14.4 Å². The van der Waals surface area contributed by atoms with Crippen LogP contribution in [0.4, 0.5) is 5.69 Å². The van der Waals surface area contributed by atoms with Crippen LogP contribution in [0.3, 0.4) is 0 Å². The van der Waals surface area contributed by atoms with Gasteiger partial charge in [-0.05, 0) is 37.1 Å². The number of ether oxygens (including phenoxy) is 1. The molecule has 1 aromatic heterocycles. The Morgan fingerprint density at radius 2 is 1.91 bits per heavy atom. The predicted molar refractivity (Wildman–Crippen MR) is 118 cm³/mol. The molecule has 3 amide bonds. The molecule has 170 valence electrons. The Balaban J connectivity index is 1.50. The van der Waals surface area contributed by atoms with Crippen LogP contribution in [-0.4, -0.2) is 47.9 Å². The van der Waals surface area contributed by atoms with Crippen LogP contribution in [-0.2, 0) is 20.9 Å². The number of hydrogen-bond acceptors (Lipinski definition) is 5. The Morgan fingerprint density at radius 3 is 2.62 bits per heavy atom. The van der Waals surface area contributed by atoms with Gasteiger partial charge in [0.2, 0.25) is 11.8 Å². The Hall–Kier alpha value is -3.29. The minimum absolute atomic E-state index is 0.0648. The van der Waals surface area contributed by atoms with Crippen LogP contribution in [0.15, 0.2) is 47.1 Å². The number of carbonyl (C=O) groups excluding carboxylic acids is 3. The zero-order chi connectivity index (χ0) is 22.7. The topological polar surface area (TPSA) is 92.1 Å². The first-order valence-electron chi connectivity index (χ1n) is 11.2. The maximum atomic E-state index is 13.5. The molecule has 4 rings (SSSR count). The average Bonchev–Trinajstić information content (AvgIpc) is 3.46. The Bertz CT molecular complexity index is 970. The lowest BCUT2D eigenvalue weighted by Gasteiger charge is -2.35. The van der Waals surface area contributed by atoms with Gasteiger partial charge in [0.1, 0.15) is 11.5 Å². The fourth-order valence-electron chi connectivity index (χ4n) is 4.27. The number of hydrogen-bond donors (Lipinski definition) is 1. The van der Waals surface area contributed by atoms with Gasteiger partial charge in [0.05, 0.1) is 31.0 Å². The number of benzene rings is 1. The van der Waals surface area contributed by atoms with Gasteiger partial charge in [-0.25, -0.2) is 0 Å². The quantitative estimate of drug-likeness (QED) is 0.716. The third-order valence-corrected chi connectivity index (χ3v) is 6.15. The summed E-state index contributed by atoms with van der Waals surface area (Å²) in [5.41, 5.74) is 0.626. The molecule has 1 saturated heterocycles. The summed E-state index contributed by atoms with van der Waals surface area (Å²) in [5.74, 6) is 0.217. The summed E-state index contributed by atoms with van der Waals surface area (Å²) in [6, 6.07) is 10.9. The van der Waals surface area contributed by atoms with Crippen LogP contribution in [0, 0.1) is 5.92 Å². The number of fused-ring (bicyclic) bond motifs is 1. The SMILES string of the molecule is CCC(CC)NC(=O)C1CN(C(=O)C2CC(=O)N(Cc3ccco3)C2)c2ccccc2O1. The Kier molecular flexibility index (Phi) is 6.48. The molecule has 1 aromatic carbocycles. The number of nitrogens with zero attached hydrogens (tertiary/aromatic N) is 2. The van der Waals surface area contributed by atoms with Crippen LogP contribution in [0.1, 0.15) is 38.9 Å². The first-order valence-corrected chi connectivity index (χ1v) is 11.2. The molecular formula is C24H29N3O5. The van der Waals surface area contributed by atoms with E-state index in [1.807, 2.05) is 32.0 Å². The smallest absolute Gasteiger partial charge is 0.263 e. The highest BCUT2D eigenvalue weighted by Gasteiger charge is 2.41. The van der Waals surface area contributed by atoms with Crippen molar-refractivity contribution in [1.82, 2.24) is 10.2 Å². The first-order chi connectivity index (χ1) is 15.5. The molecule has 2 aliphatic rings. The lowest BCUT2D eigenvalue weighted by Crippen LogP contribution is -2.53. The zero-order valence-corrected chi connectivity index (χ0v) is 18.5. The number of furan rings is 1. The van der Waals surface area contributed by atoms with Crippen molar-refractivity contribution < 1.29 is 23.5 Å². The highest BCUT2D eigenvalue weighted by Crippen LogP contribution is 2.35. The molecule has 1 fully saturated rings. The second-order valence-corrected chi connectivity index (χ2v) is 8.30. The average molecular weight is 440 g/mol. The number of carbonyl (C=O) groups is 3. The van der Waals surface area contributed by atoms with Crippen molar-refractivity contribution >= 4 is 23.4 Å². The zero-order valence-electron chi connectivity index (χ0n) is 18.5. The predicted octanol–water partition coefficient (Wildman–Crippen LogP) is 2.73. The van der Waals surface area contributed by atoms with Crippen molar-refractivity contribution in [1.29, 1.82) is 0 Å². The minimum atomic E-state index is -0.800. The van der Waals surface area contributed by atoms with E-state index in [1.165, 1.54) is 0 Å². The van der Waals surface area contributed by atoms with E-state index < -0.39 is 12.0 Å². The lowest BCUT2D eigenvalue weighted by atomic mass is 10.0. The molecule has 0 radical (unpaired) electrons. The van der Waals surface area contributed by atoms with E-state index in [0.717, 1.165) is 12.8 Å². The highest BCUT2D eigenvalue weighted by atomic mass is 16.5. The second-order valence-electron chi connectivity index (χ2n) is 8.30. The molecule has 8 heteroatoms. The van der Waals surface area contributed by atoms with Crippen molar-refractivity contribution in [3.05, 3.63) is 48.4 Å². The summed E-state index contributed by atoms with van der Waals surface area (Å²) in [7, 11) is 0. The molecule has 0 saturated carbocycles. The van der Waals surface area contributed by atoms with Crippen LogP contribution in [0.25, 0.3) is 0 Å². The van der Waals surface area contributed by atoms with Gasteiger partial charge in [-0.2, -0.15) is 0 Å². The summed E-state index contributed by atoms with van der Waals surface area (Å²) in [5, 5.41) is 3.01. The number of amides is 3. The highest BCUT2D eigenvalue weighted by molar-refractivity contribution is 6.01. The third-order valence-electron chi connectivity index (χ3n) is 6.15. The summed E-state index contributed by atoms with van der Waals surface area (Å²) in [6.45, 7) is 4.82. The van der Waals surface area contributed by atoms with Gasteiger partial charge in [0, 0.05) is 19.0 Å². The molecule has 2 atom stereocenters. The van der Waals surface area contributed by atoms with E-state index in [4.69, 9.17) is 9.15 Å². The molecular weight excluding hydrogens is 410 g/mol. The fourth-order valence-corrected chi connectivity index (χ4v) is 4.27. The molecule has 8 nitrogen and oxygen atoms in total. The molecule has 32 heavy (non-hydrogen) atoms. The largest absolute Gasteiger partial charge is 0.477 e. The van der Waals surface area contributed by atoms with Gasteiger partial charge in [0.15, 0.2) is 6.10 Å². The van der Waals surface area contributed by atoms with Crippen LogP contribution >= 0.6 is 0 Å². The number of para-hydroxylation sites is 2. The van der Waals surface area contributed by atoms with Crippen molar-refractivity contribution in [3.63, 3.8) is 0 Å². The van der Waals surface area contributed by atoms with Crippen molar-refractivity contribution in [2.75, 3.05) is 18.0 Å². The maximum absolute atomic E-state index is 13.5. The van der Waals surface area contributed by atoms with Crippen molar-refractivity contribution in [2.45, 2.75) is 51.8 Å². The lowest BCUT2D eigenvalue weighted by molar-refractivity contribution is -0.130. The van der Waals surface area contributed by atoms with Crippen LogP contribution in [0.2, 0.25) is 0 Å². The summed E-state index contributed by atoms with van der Waals surface area (Å²) in [6.07, 6.45) is 2.55. The number of rotatable bonds is 7.